The molecule has 164 valence electrons. The Labute approximate surface area is 172 Å². The molecule has 0 aliphatic rings. The van der Waals surface area contributed by atoms with Gasteiger partial charge in [0.15, 0.2) is 0 Å². The normalized spacial score (nSPS) is 13.5. The van der Waals surface area contributed by atoms with Crippen molar-refractivity contribution in [1.29, 1.82) is 0 Å². The highest BCUT2D eigenvalue weighted by molar-refractivity contribution is 7.90. The van der Waals surface area contributed by atoms with E-state index in [-0.39, 0.29) is 0 Å². The van der Waals surface area contributed by atoms with Crippen LogP contribution in [-0.2, 0) is 16.2 Å². The van der Waals surface area contributed by atoms with Crippen LogP contribution in [0.25, 0.3) is 10.9 Å². The first-order valence-electron chi connectivity index (χ1n) is 8.50. The topological polar surface area (TPSA) is 82.2 Å². The Balaban J connectivity index is 2.34. The summed E-state index contributed by atoms with van der Waals surface area (Å²) in [5.74, 6) is 0. The molecule has 1 atom stereocenters. The van der Waals surface area contributed by atoms with Crippen LogP contribution in [0.1, 0.15) is 28.4 Å². The third-order valence-electron chi connectivity index (χ3n) is 4.62. The van der Waals surface area contributed by atoms with E-state index in [0.717, 1.165) is 36.4 Å². The minimum Gasteiger partial charge on any atom is -0.258 e. The number of hydrogen-bond donors (Lipinski definition) is 0. The predicted octanol–water partition coefficient (Wildman–Crippen LogP) is 5.61. The molecule has 1 aromatic heterocycles. The highest BCUT2D eigenvalue weighted by Crippen LogP contribution is 2.41. The molecule has 3 aromatic rings. The molecule has 2 aromatic carbocycles. The van der Waals surface area contributed by atoms with Gasteiger partial charge in [-0.25, -0.2) is 21.2 Å². The van der Waals surface area contributed by atoms with E-state index in [9.17, 15) is 40.5 Å². The van der Waals surface area contributed by atoms with Crippen LogP contribution in [0, 0.1) is 10.1 Å². The number of benzene rings is 2. The van der Waals surface area contributed by atoms with Gasteiger partial charge in [0.25, 0.3) is 12.1 Å². The fourth-order valence-corrected chi connectivity index (χ4v) is 5.03. The second-order valence-electron chi connectivity index (χ2n) is 6.40. The molecule has 0 bridgehead atoms. The average Bonchev–Trinajstić information content (AvgIpc) is 3.08. The van der Waals surface area contributed by atoms with Gasteiger partial charge in [-0.05, 0) is 17.7 Å². The summed E-state index contributed by atoms with van der Waals surface area (Å²) >= 11 is 0. The van der Waals surface area contributed by atoms with Crippen molar-refractivity contribution < 1.29 is 35.3 Å². The van der Waals surface area contributed by atoms with E-state index in [1.54, 1.807) is 0 Å². The molecule has 0 fully saturated rings. The van der Waals surface area contributed by atoms with Gasteiger partial charge in [0.2, 0.25) is 10.0 Å². The Morgan fingerprint density at radius 3 is 2.26 bits per heavy atom. The highest BCUT2D eigenvalue weighted by Gasteiger charge is 2.39. The van der Waals surface area contributed by atoms with Crippen molar-refractivity contribution in [3.63, 3.8) is 0 Å². The molecule has 0 amide bonds. The molecule has 0 radical (unpaired) electrons. The number of aromatic nitrogens is 1. The van der Waals surface area contributed by atoms with E-state index >= 15 is 0 Å². The van der Waals surface area contributed by atoms with Crippen LogP contribution in [-0.4, -0.2) is 17.3 Å². The smallest absolute Gasteiger partial charge is 0.258 e. The van der Waals surface area contributed by atoms with Crippen LogP contribution >= 0.6 is 0 Å². The lowest BCUT2D eigenvalue weighted by Gasteiger charge is -2.20. The fraction of sp³-hybridized carbons (Fsp3) is 0.158. The summed E-state index contributed by atoms with van der Waals surface area (Å²) in [4.78, 5) is 10.3. The maximum absolute atomic E-state index is 13.6. The zero-order chi connectivity index (χ0) is 23.1. The van der Waals surface area contributed by atoms with Gasteiger partial charge in [-0.2, -0.15) is 13.2 Å². The van der Waals surface area contributed by atoms with Crippen LogP contribution in [0.2, 0.25) is 0 Å². The first kappa shape index (κ1) is 22.4. The molecule has 0 spiro atoms. The standard InChI is InChI=1S/C19H13F5N2O4S/c1-2-16(11-6-3-4-7-13(11)19(22,23)24)31(29,30)25-10-12(18(20)21)17-14(25)8-5-9-15(17)26(27)28/h2-10,16,18H,1H2. The van der Waals surface area contributed by atoms with E-state index in [2.05, 4.69) is 6.58 Å². The summed E-state index contributed by atoms with van der Waals surface area (Å²) in [6.45, 7) is 3.30. The zero-order valence-corrected chi connectivity index (χ0v) is 16.2. The van der Waals surface area contributed by atoms with Crippen molar-refractivity contribution in [3.8, 4) is 0 Å². The second kappa shape index (κ2) is 7.76. The minimum absolute atomic E-state index is 0.344. The van der Waals surface area contributed by atoms with Crippen LogP contribution in [0.5, 0.6) is 0 Å². The number of hydrogen-bond acceptors (Lipinski definition) is 4. The quantitative estimate of drug-likeness (QED) is 0.207. The van der Waals surface area contributed by atoms with Crippen molar-refractivity contribution in [2.75, 3.05) is 0 Å². The monoisotopic (exact) mass is 460 g/mol. The number of rotatable bonds is 6. The van der Waals surface area contributed by atoms with Crippen molar-refractivity contribution in [3.05, 3.63) is 88.1 Å². The van der Waals surface area contributed by atoms with Gasteiger partial charge in [-0.15, -0.1) is 6.58 Å². The van der Waals surface area contributed by atoms with Crippen LogP contribution in [0.3, 0.4) is 0 Å². The molecule has 0 N–H and O–H groups in total. The first-order valence-corrected chi connectivity index (χ1v) is 10.0. The van der Waals surface area contributed by atoms with E-state index in [1.165, 1.54) is 6.07 Å². The number of alkyl halides is 5. The zero-order valence-electron chi connectivity index (χ0n) is 15.4. The summed E-state index contributed by atoms with van der Waals surface area (Å²) in [6.07, 6.45) is -6.93. The molecule has 1 unspecified atom stereocenters. The van der Waals surface area contributed by atoms with E-state index in [0.29, 0.717) is 16.2 Å². The number of nitrogens with zero attached hydrogens (tertiary/aromatic N) is 2. The van der Waals surface area contributed by atoms with E-state index in [4.69, 9.17) is 0 Å². The maximum Gasteiger partial charge on any atom is 0.416 e. The van der Waals surface area contributed by atoms with Crippen molar-refractivity contribution in [2.24, 2.45) is 0 Å². The van der Waals surface area contributed by atoms with Crippen LogP contribution in [0.4, 0.5) is 27.6 Å². The Morgan fingerprint density at radius 2 is 1.71 bits per heavy atom. The lowest BCUT2D eigenvalue weighted by molar-refractivity contribution is -0.383. The van der Waals surface area contributed by atoms with E-state index in [1.807, 2.05) is 0 Å². The fourth-order valence-electron chi connectivity index (χ4n) is 3.33. The molecule has 1 heterocycles. The van der Waals surface area contributed by atoms with Gasteiger partial charge in [0.05, 0.1) is 27.0 Å². The van der Waals surface area contributed by atoms with Gasteiger partial charge in [0, 0.05) is 12.3 Å². The largest absolute Gasteiger partial charge is 0.416 e. The number of fused-ring (bicyclic) bond motifs is 1. The summed E-state index contributed by atoms with van der Waals surface area (Å²) in [5.41, 5.74) is -4.04. The number of non-ortho nitro benzene ring substituents is 1. The van der Waals surface area contributed by atoms with Gasteiger partial charge in [-0.3, -0.25) is 10.1 Å². The van der Waals surface area contributed by atoms with Crippen molar-refractivity contribution in [2.45, 2.75) is 17.9 Å². The molecule has 12 heteroatoms. The number of nitro groups is 1. The predicted molar refractivity (Wildman–Crippen MR) is 102 cm³/mol. The molecule has 0 saturated carbocycles. The molecule has 6 nitrogen and oxygen atoms in total. The Hall–Kier alpha value is -3.28. The van der Waals surface area contributed by atoms with Crippen LogP contribution < -0.4 is 0 Å². The Morgan fingerprint density at radius 1 is 1.06 bits per heavy atom. The minimum atomic E-state index is -4.89. The van der Waals surface area contributed by atoms with Gasteiger partial charge in [0.1, 0.15) is 5.25 Å². The summed E-state index contributed by atoms with van der Waals surface area (Å²) in [5, 5.41) is 8.70. The Kier molecular flexibility index (Phi) is 5.61. The summed E-state index contributed by atoms with van der Waals surface area (Å²) < 4.78 is 94.3. The van der Waals surface area contributed by atoms with Gasteiger partial charge >= 0.3 is 6.18 Å². The van der Waals surface area contributed by atoms with Crippen molar-refractivity contribution in [1.82, 2.24) is 3.97 Å². The molecule has 0 aliphatic carbocycles. The highest BCUT2D eigenvalue weighted by atomic mass is 32.2. The molecular formula is C19H13F5N2O4S. The van der Waals surface area contributed by atoms with Crippen LogP contribution in [0.15, 0.2) is 61.3 Å². The van der Waals surface area contributed by atoms with Crippen molar-refractivity contribution >= 4 is 26.6 Å². The lowest BCUT2D eigenvalue weighted by Crippen LogP contribution is -2.22. The number of nitro benzene ring substituents is 1. The average molecular weight is 460 g/mol. The first-order chi connectivity index (χ1) is 14.4. The van der Waals surface area contributed by atoms with Gasteiger partial charge < -0.3 is 0 Å². The summed E-state index contributed by atoms with van der Waals surface area (Å²) in [7, 11) is -4.83. The van der Waals surface area contributed by atoms with Gasteiger partial charge in [-0.1, -0.05) is 30.3 Å². The molecule has 0 aliphatic heterocycles. The van der Waals surface area contributed by atoms with E-state index < -0.39 is 66.1 Å². The molecule has 0 saturated heterocycles. The molecular weight excluding hydrogens is 447 g/mol. The SMILES string of the molecule is C=CC(c1ccccc1C(F)(F)F)S(=O)(=O)n1cc(C(F)F)c2c([N+](=O)[O-])cccc21. The third kappa shape index (κ3) is 3.78. The Bertz CT molecular complexity index is 1280. The third-order valence-corrected chi connectivity index (χ3v) is 6.56. The molecule has 3 rings (SSSR count). The number of halogens is 5. The lowest BCUT2D eigenvalue weighted by atomic mass is 10.0. The maximum atomic E-state index is 13.6. The second-order valence-corrected chi connectivity index (χ2v) is 8.33. The summed E-state index contributed by atoms with van der Waals surface area (Å²) in [6, 6.07) is 6.96. The molecule has 31 heavy (non-hydrogen) atoms.